The smallest absolute Gasteiger partial charge is 0.251 e. The number of carbonyl (C=O) groups excluding carboxylic acids is 1. The second-order valence-corrected chi connectivity index (χ2v) is 7.71. The molecule has 3 aromatic carbocycles. The molecule has 0 aliphatic carbocycles. The molecule has 6 heteroatoms. The lowest BCUT2D eigenvalue weighted by Gasteiger charge is -2.12. The van der Waals surface area contributed by atoms with Crippen molar-refractivity contribution in [1.82, 2.24) is 5.32 Å². The summed E-state index contributed by atoms with van der Waals surface area (Å²) in [5.74, 6) is 0.0734. The van der Waals surface area contributed by atoms with Crippen molar-refractivity contribution < 1.29 is 14.3 Å². The van der Waals surface area contributed by atoms with Crippen molar-refractivity contribution in [3.05, 3.63) is 100 Å². The van der Waals surface area contributed by atoms with E-state index in [2.05, 4.69) is 5.32 Å². The lowest BCUT2D eigenvalue weighted by Crippen LogP contribution is -2.28. The highest BCUT2D eigenvalue weighted by molar-refractivity contribution is 7.98. The normalized spacial score (nSPS) is 11.8. The summed E-state index contributed by atoms with van der Waals surface area (Å²) in [5.41, 5.74) is 2.03. The lowest BCUT2D eigenvalue weighted by molar-refractivity contribution is 0.0916. The standard InChI is InChI=1S/C22H19ClFNO2S/c23-18-8-10-20(11-9-18)28-14-15-4-6-16(7-5-15)22(27)25-13-21(26)17-2-1-3-19(24)12-17/h1-12,21,26H,13-14H2,(H,25,27). The Hall–Kier alpha value is -2.34. The Balaban J connectivity index is 1.51. The van der Waals surface area contributed by atoms with E-state index in [0.717, 1.165) is 16.2 Å². The first kappa shape index (κ1) is 20.4. The van der Waals surface area contributed by atoms with Crippen molar-refractivity contribution >= 4 is 29.3 Å². The van der Waals surface area contributed by atoms with Gasteiger partial charge in [0.2, 0.25) is 0 Å². The molecular formula is C22H19ClFNO2S. The number of benzene rings is 3. The van der Waals surface area contributed by atoms with E-state index in [1.165, 1.54) is 18.2 Å². The zero-order valence-corrected chi connectivity index (χ0v) is 16.5. The predicted octanol–water partition coefficient (Wildman–Crippen LogP) is 5.23. The highest BCUT2D eigenvalue weighted by Gasteiger charge is 2.11. The van der Waals surface area contributed by atoms with Crippen molar-refractivity contribution in [2.24, 2.45) is 0 Å². The average molecular weight is 416 g/mol. The Labute approximate surface area is 172 Å². The Kier molecular flexibility index (Phi) is 7.09. The van der Waals surface area contributed by atoms with Crippen LogP contribution in [0.15, 0.2) is 77.7 Å². The zero-order valence-electron chi connectivity index (χ0n) is 14.9. The van der Waals surface area contributed by atoms with Crippen LogP contribution < -0.4 is 5.32 Å². The molecule has 0 bridgehead atoms. The largest absolute Gasteiger partial charge is 0.387 e. The minimum atomic E-state index is -0.963. The summed E-state index contributed by atoms with van der Waals surface area (Å²) in [6.07, 6.45) is -0.963. The van der Waals surface area contributed by atoms with Gasteiger partial charge in [-0.15, -0.1) is 11.8 Å². The van der Waals surface area contributed by atoms with Gasteiger partial charge in [-0.1, -0.05) is 35.9 Å². The fraction of sp³-hybridized carbons (Fsp3) is 0.136. The van der Waals surface area contributed by atoms with Crippen LogP contribution >= 0.6 is 23.4 Å². The number of aliphatic hydroxyl groups is 1. The topological polar surface area (TPSA) is 49.3 Å². The molecule has 1 amide bonds. The molecule has 3 nitrogen and oxygen atoms in total. The molecule has 0 fully saturated rings. The molecule has 0 aromatic heterocycles. The van der Waals surface area contributed by atoms with Gasteiger partial charge in [-0.3, -0.25) is 4.79 Å². The SMILES string of the molecule is O=C(NCC(O)c1cccc(F)c1)c1ccc(CSc2ccc(Cl)cc2)cc1. The summed E-state index contributed by atoms with van der Waals surface area (Å²) >= 11 is 7.57. The van der Waals surface area contributed by atoms with Crippen LogP contribution in [0.25, 0.3) is 0 Å². The van der Waals surface area contributed by atoms with Crippen molar-refractivity contribution in [2.45, 2.75) is 16.8 Å². The summed E-state index contributed by atoms with van der Waals surface area (Å²) in [6, 6.07) is 20.7. The number of amides is 1. The lowest BCUT2D eigenvalue weighted by atomic mass is 10.1. The number of aliphatic hydroxyl groups excluding tert-OH is 1. The average Bonchev–Trinajstić information content (AvgIpc) is 2.71. The number of nitrogens with one attached hydrogen (secondary N) is 1. The molecule has 0 spiro atoms. The second kappa shape index (κ2) is 9.73. The molecule has 0 saturated heterocycles. The van der Waals surface area contributed by atoms with E-state index in [-0.39, 0.29) is 12.5 Å². The molecule has 3 rings (SSSR count). The summed E-state index contributed by atoms with van der Waals surface area (Å²) < 4.78 is 13.2. The van der Waals surface area contributed by atoms with Crippen molar-refractivity contribution in [1.29, 1.82) is 0 Å². The maximum absolute atomic E-state index is 13.2. The maximum atomic E-state index is 13.2. The Morgan fingerprint density at radius 1 is 1.07 bits per heavy atom. The Morgan fingerprint density at radius 3 is 2.46 bits per heavy atom. The van der Waals surface area contributed by atoms with E-state index in [4.69, 9.17) is 11.6 Å². The molecule has 0 heterocycles. The van der Waals surface area contributed by atoms with E-state index < -0.39 is 11.9 Å². The van der Waals surface area contributed by atoms with E-state index in [0.29, 0.717) is 16.1 Å². The molecule has 0 aliphatic heterocycles. The van der Waals surface area contributed by atoms with Gasteiger partial charge < -0.3 is 10.4 Å². The highest BCUT2D eigenvalue weighted by Crippen LogP contribution is 2.24. The van der Waals surface area contributed by atoms with Gasteiger partial charge in [0.15, 0.2) is 0 Å². The summed E-state index contributed by atoms with van der Waals surface area (Å²) in [7, 11) is 0. The first-order valence-electron chi connectivity index (χ1n) is 8.70. The molecule has 1 unspecified atom stereocenters. The fourth-order valence-electron chi connectivity index (χ4n) is 2.57. The van der Waals surface area contributed by atoms with Crippen molar-refractivity contribution in [3.63, 3.8) is 0 Å². The Morgan fingerprint density at radius 2 is 1.79 bits per heavy atom. The third-order valence-corrected chi connectivity index (χ3v) is 5.46. The predicted molar refractivity (Wildman–Crippen MR) is 111 cm³/mol. The third kappa shape index (κ3) is 5.83. The van der Waals surface area contributed by atoms with E-state index in [1.807, 2.05) is 36.4 Å². The zero-order chi connectivity index (χ0) is 19.9. The molecule has 0 saturated carbocycles. The van der Waals surface area contributed by atoms with Gasteiger partial charge >= 0.3 is 0 Å². The summed E-state index contributed by atoms with van der Waals surface area (Å²) in [5, 5.41) is 13.5. The monoisotopic (exact) mass is 415 g/mol. The van der Waals surface area contributed by atoms with Gasteiger partial charge in [0, 0.05) is 27.8 Å². The number of hydrogen-bond donors (Lipinski definition) is 2. The molecule has 1 atom stereocenters. The minimum absolute atomic E-state index is 0.0104. The molecule has 3 aromatic rings. The van der Waals surface area contributed by atoms with Crippen LogP contribution in [0.2, 0.25) is 5.02 Å². The second-order valence-electron chi connectivity index (χ2n) is 6.22. The first-order chi connectivity index (χ1) is 13.5. The van der Waals surface area contributed by atoms with Gasteiger partial charge in [-0.05, 0) is 59.7 Å². The van der Waals surface area contributed by atoms with Gasteiger partial charge in [0.1, 0.15) is 5.82 Å². The first-order valence-corrected chi connectivity index (χ1v) is 10.1. The molecule has 0 radical (unpaired) electrons. The van der Waals surface area contributed by atoms with Gasteiger partial charge in [-0.25, -0.2) is 4.39 Å². The summed E-state index contributed by atoms with van der Waals surface area (Å²) in [4.78, 5) is 13.4. The van der Waals surface area contributed by atoms with Crippen LogP contribution in [0.1, 0.15) is 27.6 Å². The highest BCUT2D eigenvalue weighted by atomic mass is 35.5. The van der Waals surface area contributed by atoms with E-state index >= 15 is 0 Å². The van der Waals surface area contributed by atoms with Gasteiger partial charge in [0.05, 0.1) is 6.10 Å². The summed E-state index contributed by atoms with van der Waals surface area (Å²) in [6.45, 7) is 0.0104. The van der Waals surface area contributed by atoms with Crippen LogP contribution in [0.3, 0.4) is 0 Å². The molecule has 28 heavy (non-hydrogen) atoms. The number of carbonyl (C=O) groups is 1. The number of hydrogen-bond acceptors (Lipinski definition) is 3. The maximum Gasteiger partial charge on any atom is 0.251 e. The van der Waals surface area contributed by atoms with E-state index in [9.17, 15) is 14.3 Å². The van der Waals surface area contributed by atoms with Crippen molar-refractivity contribution in [3.8, 4) is 0 Å². The van der Waals surface area contributed by atoms with Crippen LogP contribution in [0.4, 0.5) is 4.39 Å². The number of rotatable bonds is 7. The molecule has 2 N–H and O–H groups in total. The molecular weight excluding hydrogens is 397 g/mol. The van der Waals surface area contributed by atoms with E-state index in [1.54, 1.807) is 30.0 Å². The van der Waals surface area contributed by atoms with Crippen LogP contribution in [0.5, 0.6) is 0 Å². The quantitative estimate of drug-likeness (QED) is 0.519. The van der Waals surface area contributed by atoms with Crippen LogP contribution in [0, 0.1) is 5.82 Å². The van der Waals surface area contributed by atoms with Gasteiger partial charge in [-0.2, -0.15) is 0 Å². The Bertz CT molecular complexity index is 932. The van der Waals surface area contributed by atoms with Gasteiger partial charge in [0.25, 0.3) is 5.91 Å². The molecule has 0 aliphatic rings. The van der Waals surface area contributed by atoms with Crippen LogP contribution in [-0.4, -0.2) is 17.6 Å². The minimum Gasteiger partial charge on any atom is -0.387 e. The number of thioether (sulfide) groups is 1. The third-order valence-electron chi connectivity index (χ3n) is 4.12. The van der Waals surface area contributed by atoms with Crippen LogP contribution in [-0.2, 0) is 5.75 Å². The number of halogens is 2. The van der Waals surface area contributed by atoms with Crippen molar-refractivity contribution in [2.75, 3.05) is 6.54 Å². The fourth-order valence-corrected chi connectivity index (χ4v) is 3.55. The molecule has 144 valence electrons.